The molecule has 4 aromatic carbocycles. The van der Waals surface area contributed by atoms with E-state index in [9.17, 15) is 19.5 Å². The number of benzene rings is 4. The zero-order chi connectivity index (χ0) is 32.9. The fourth-order valence-electron chi connectivity index (χ4n) is 5.09. The molecule has 0 fully saturated rings. The molecule has 1 unspecified atom stereocenters. The normalized spacial score (nSPS) is 14.3. The van der Waals surface area contributed by atoms with Crippen LogP contribution in [0.2, 0.25) is 0 Å². The van der Waals surface area contributed by atoms with Gasteiger partial charge in [-0.2, -0.15) is 0 Å². The number of aromatic carboxylic acids is 1. The summed E-state index contributed by atoms with van der Waals surface area (Å²) >= 11 is 1.18. The Morgan fingerprint density at radius 1 is 0.957 bits per heavy atom. The fourth-order valence-corrected chi connectivity index (χ4v) is 6.02. The smallest absolute Gasteiger partial charge is 0.336 e. The molecule has 2 amide bonds. The van der Waals surface area contributed by atoms with Gasteiger partial charge in [0.1, 0.15) is 11.4 Å². The largest absolute Gasteiger partial charge is 0.493 e. The third-order valence-corrected chi connectivity index (χ3v) is 8.45. The molecule has 234 valence electrons. The van der Waals surface area contributed by atoms with Gasteiger partial charge in [0, 0.05) is 22.2 Å². The van der Waals surface area contributed by atoms with Crippen LogP contribution in [0.4, 0.5) is 11.4 Å². The van der Waals surface area contributed by atoms with E-state index in [1.807, 2.05) is 67.6 Å². The van der Waals surface area contributed by atoms with Crippen molar-refractivity contribution in [1.82, 2.24) is 4.98 Å². The number of ether oxygens (including phenoxy) is 1. The van der Waals surface area contributed by atoms with E-state index >= 15 is 0 Å². The molecule has 5 aromatic rings. The van der Waals surface area contributed by atoms with E-state index in [0.29, 0.717) is 51.1 Å². The second-order valence-electron chi connectivity index (χ2n) is 10.6. The van der Waals surface area contributed by atoms with Gasteiger partial charge in [-0.3, -0.25) is 14.5 Å². The maximum absolute atomic E-state index is 13.7. The highest BCUT2D eigenvalue weighted by Crippen LogP contribution is 2.33. The Balaban J connectivity index is 1.21. The molecule has 10 heteroatoms. The summed E-state index contributed by atoms with van der Waals surface area (Å²) in [6.45, 7) is 4.13. The number of carboxylic acid groups (broad SMARTS) is 1. The first kappa shape index (κ1) is 31.3. The Hall–Kier alpha value is -5.74. The highest BCUT2D eigenvalue weighted by atomic mass is 32.2. The van der Waals surface area contributed by atoms with Crippen molar-refractivity contribution in [2.45, 2.75) is 19.1 Å². The zero-order valence-corrected chi connectivity index (χ0v) is 26.4. The number of amides is 2. The first-order valence-corrected chi connectivity index (χ1v) is 15.8. The molecule has 0 saturated heterocycles. The molecule has 1 atom stereocenters. The summed E-state index contributed by atoms with van der Waals surface area (Å²) in [6, 6.07) is 32.3. The van der Waals surface area contributed by atoms with Crippen molar-refractivity contribution in [3.8, 4) is 17.0 Å². The molecule has 0 bridgehead atoms. The summed E-state index contributed by atoms with van der Waals surface area (Å²) in [5.74, 6) is -0.962. The lowest BCUT2D eigenvalue weighted by molar-refractivity contribution is -0.115. The highest BCUT2D eigenvalue weighted by molar-refractivity contribution is 8.15. The number of amidine groups is 1. The number of carbonyl (C=O) groups excluding carboxylic acids is 2. The van der Waals surface area contributed by atoms with Gasteiger partial charge >= 0.3 is 5.97 Å². The summed E-state index contributed by atoms with van der Waals surface area (Å²) in [5, 5.41) is 13.0. The van der Waals surface area contributed by atoms with E-state index in [1.165, 1.54) is 16.7 Å². The van der Waals surface area contributed by atoms with Crippen molar-refractivity contribution < 1.29 is 24.2 Å². The molecule has 0 aliphatic carbocycles. The molecule has 1 aliphatic heterocycles. The van der Waals surface area contributed by atoms with Gasteiger partial charge in [-0.25, -0.2) is 14.8 Å². The Morgan fingerprint density at radius 2 is 1.66 bits per heavy atom. The molecule has 0 radical (unpaired) electrons. The lowest BCUT2D eigenvalue weighted by Gasteiger charge is -2.20. The Labute approximate surface area is 275 Å². The van der Waals surface area contributed by atoms with Crippen LogP contribution in [0.15, 0.2) is 120 Å². The van der Waals surface area contributed by atoms with Crippen molar-refractivity contribution in [3.63, 3.8) is 0 Å². The first-order valence-electron chi connectivity index (χ1n) is 14.9. The number of nitrogens with one attached hydrogen (secondary N) is 1. The predicted octanol–water partition coefficient (Wildman–Crippen LogP) is 7.50. The number of aromatic nitrogens is 1. The SMILES string of the molecule is CCOc1ccccc1/C=C1/N=C(SC(C)C(=O)Nc2ccc(-c3cc(C(=O)O)c4ccccc4n3)cc2)N(c2ccccc2)C1=O. The molecular formula is C37H30N4O5S. The number of pyridine rings is 1. The van der Waals surface area contributed by atoms with Gasteiger partial charge in [0.2, 0.25) is 5.91 Å². The van der Waals surface area contributed by atoms with Crippen LogP contribution in [0.1, 0.15) is 29.8 Å². The van der Waals surface area contributed by atoms with Crippen LogP contribution in [0.25, 0.3) is 28.2 Å². The number of anilines is 2. The van der Waals surface area contributed by atoms with Gasteiger partial charge in [-0.1, -0.05) is 78.5 Å². The van der Waals surface area contributed by atoms with E-state index < -0.39 is 11.2 Å². The van der Waals surface area contributed by atoms with Gasteiger partial charge in [0.25, 0.3) is 5.91 Å². The van der Waals surface area contributed by atoms with E-state index in [4.69, 9.17) is 4.74 Å². The quantitative estimate of drug-likeness (QED) is 0.160. The van der Waals surface area contributed by atoms with Crippen LogP contribution in [0.3, 0.4) is 0 Å². The number of hydrogen-bond acceptors (Lipinski definition) is 7. The lowest BCUT2D eigenvalue weighted by Crippen LogP contribution is -2.33. The van der Waals surface area contributed by atoms with E-state index in [1.54, 1.807) is 61.5 Å². The number of para-hydroxylation sites is 3. The number of fused-ring (bicyclic) bond motifs is 1. The number of hydrogen-bond donors (Lipinski definition) is 2. The first-order chi connectivity index (χ1) is 22.8. The van der Waals surface area contributed by atoms with Crippen LogP contribution in [-0.4, -0.2) is 44.9 Å². The number of carbonyl (C=O) groups is 3. The van der Waals surface area contributed by atoms with Gasteiger partial charge in [-0.05, 0) is 62.4 Å². The van der Waals surface area contributed by atoms with Gasteiger partial charge in [0.05, 0.1) is 34.3 Å². The van der Waals surface area contributed by atoms with Crippen LogP contribution in [-0.2, 0) is 9.59 Å². The van der Waals surface area contributed by atoms with E-state index in [0.717, 1.165) is 5.56 Å². The molecule has 2 N–H and O–H groups in total. The van der Waals surface area contributed by atoms with Crippen molar-refractivity contribution in [2.24, 2.45) is 4.99 Å². The van der Waals surface area contributed by atoms with Crippen molar-refractivity contribution in [2.75, 3.05) is 16.8 Å². The molecule has 1 aromatic heterocycles. The summed E-state index contributed by atoms with van der Waals surface area (Å²) in [7, 11) is 0. The van der Waals surface area contributed by atoms with Crippen molar-refractivity contribution in [1.29, 1.82) is 0 Å². The molecule has 6 rings (SSSR count). The molecule has 0 saturated carbocycles. The number of aliphatic imine (C=N–C) groups is 1. The second kappa shape index (κ2) is 13.7. The fraction of sp³-hybridized carbons (Fsp3) is 0.108. The summed E-state index contributed by atoms with van der Waals surface area (Å²) in [4.78, 5) is 49.7. The summed E-state index contributed by atoms with van der Waals surface area (Å²) < 4.78 is 5.73. The molecular weight excluding hydrogens is 612 g/mol. The standard InChI is InChI=1S/C37H30N4O5S/c1-3-46-33-16-10-7-11-25(33)21-32-35(43)41(27-12-5-4-6-13-27)37(40-32)47-23(2)34(42)38-26-19-17-24(18-20-26)31-22-29(36(44)45)28-14-8-9-15-30(28)39-31/h4-23H,3H2,1-2H3,(H,38,42)(H,44,45)/b32-21+. The molecule has 2 heterocycles. The molecule has 1 aliphatic rings. The van der Waals surface area contributed by atoms with E-state index in [-0.39, 0.29) is 23.1 Å². The van der Waals surface area contributed by atoms with Gasteiger partial charge in [0.15, 0.2) is 5.17 Å². The molecule has 9 nitrogen and oxygen atoms in total. The minimum absolute atomic E-state index is 0.170. The Morgan fingerprint density at radius 3 is 2.40 bits per heavy atom. The minimum Gasteiger partial charge on any atom is -0.493 e. The Kier molecular flexibility index (Phi) is 9.12. The van der Waals surface area contributed by atoms with Crippen LogP contribution >= 0.6 is 11.8 Å². The number of carboxylic acids is 1. The van der Waals surface area contributed by atoms with E-state index in [2.05, 4.69) is 15.3 Å². The third kappa shape index (κ3) is 6.78. The van der Waals surface area contributed by atoms with Crippen LogP contribution in [0, 0.1) is 0 Å². The maximum Gasteiger partial charge on any atom is 0.336 e. The number of nitrogens with zero attached hydrogens (tertiary/aromatic N) is 3. The maximum atomic E-state index is 13.7. The summed E-state index contributed by atoms with van der Waals surface area (Å²) in [6.07, 6.45) is 1.70. The zero-order valence-electron chi connectivity index (χ0n) is 25.6. The van der Waals surface area contributed by atoms with Crippen molar-refractivity contribution in [3.05, 3.63) is 126 Å². The average Bonchev–Trinajstić information content (AvgIpc) is 3.39. The topological polar surface area (TPSA) is 121 Å². The highest BCUT2D eigenvalue weighted by Gasteiger charge is 2.34. The molecule has 0 spiro atoms. The Bertz CT molecular complexity index is 2040. The van der Waals surface area contributed by atoms with Gasteiger partial charge < -0.3 is 15.2 Å². The predicted molar refractivity (Wildman–Crippen MR) is 187 cm³/mol. The molecule has 47 heavy (non-hydrogen) atoms. The second-order valence-corrected chi connectivity index (χ2v) is 11.9. The third-order valence-electron chi connectivity index (χ3n) is 7.40. The lowest BCUT2D eigenvalue weighted by atomic mass is 10.0. The van der Waals surface area contributed by atoms with Crippen LogP contribution in [0.5, 0.6) is 5.75 Å². The van der Waals surface area contributed by atoms with Crippen molar-refractivity contribution >= 4 is 63.1 Å². The van der Waals surface area contributed by atoms with Gasteiger partial charge in [-0.15, -0.1) is 0 Å². The number of rotatable bonds is 9. The average molecular weight is 643 g/mol. The summed E-state index contributed by atoms with van der Waals surface area (Å²) in [5.41, 5.74) is 4.14. The minimum atomic E-state index is -1.03. The number of thioether (sulfide) groups is 1. The van der Waals surface area contributed by atoms with Crippen LogP contribution < -0.4 is 15.0 Å². The monoisotopic (exact) mass is 642 g/mol.